The van der Waals surface area contributed by atoms with Crippen molar-refractivity contribution in [3.8, 4) is 5.75 Å². The van der Waals surface area contributed by atoms with Crippen LogP contribution in [0.1, 0.15) is 31.2 Å². The molecular weight excluding hydrogens is 226 g/mol. The highest BCUT2D eigenvalue weighted by atomic mass is 16.5. The lowest BCUT2D eigenvalue weighted by molar-refractivity contribution is -0.123. The third-order valence-electron chi connectivity index (χ3n) is 4.22. The number of ketones is 1. The Morgan fingerprint density at radius 3 is 2.33 bits per heavy atom. The number of piperidine rings is 1. The first kappa shape index (κ1) is 11.7. The number of Topliss-reactive ketones (excluding diaryl/α,β-unsaturated/α-hetero) is 1. The zero-order valence-electron chi connectivity index (χ0n) is 10.8. The molecule has 0 spiro atoms. The van der Waals surface area contributed by atoms with Crippen molar-refractivity contribution < 1.29 is 9.53 Å². The normalized spacial score (nSPS) is 27.5. The van der Waals surface area contributed by atoms with Crippen molar-refractivity contribution in [2.75, 3.05) is 7.11 Å². The Balaban J connectivity index is 1.71. The summed E-state index contributed by atoms with van der Waals surface area (Å²) in [5.74, 6) is 1.35. The standard InChI is InChI=1S/C15H19NO2/c1-18-15-6-2-11(3-7-15)10-16-12-4-5-13(16)9-14(17)8-12/h2-3,6-7,12-13H,4-5,8-10H2,1H3. The largest absolute Gasteiger partial charge is 0.497 e. The minimum atomic E-state index is 0.452. The second-order valence-corrected chi connectivity index (χ2v) is 5.35. The van der Waals surface area contributed by atoms with Crippen LogP contribution in [0, 0.1) is 0 Å². The lowest BCUT2D eigenvalue weighted by Crippen LogP contribution is -2.42. The van der Waals surface area contributed by atoms with Crippen LogP contribution in [-0.2, 0) is 11.3 Å². The molecular formula is C15H19NO2. The molecule has 0 radical (unpaired) electrons. The van der Waals surface area contributed by atoms with Gasteiger partial charge in [0.05, 0.1) is 7.11 Å². The minimum absolute atomic E-state index is 0.452. The zero-order valence-corrected chi connectivity index (χ0v) is 10.8. The van der Waals surface area contributed by atoms with Gasteiger partial charge in [0.25, 0.3) is 0 Å². The predicted octanol–water partition coefficient (Wildman–Crippen LogP) is 2.39. The molecule has 3 rings (SSSR count). The van der Waals surface area contributed by atoms with Crippen LogP contribution >= 0.6 is 0 Å². The molecule has 1 aromatic rings. The molecule has 3 heteroatoms. The van der Waals surface area contributed by atoms with E-state index in [-0.39, 0.29) is 0 Å². The molecule has 0 amide bonds. The van der Waals surface area contributed by atoms with Crippen molar-refractivity contribution in [2.45, 2.75) is 44.3 Å². The summed E-state index contributed by atoms with van der Waals surface area (Å²) in [6.07, 6.45) is 3.89. The first-order valence-corrected chi connectivity index (χ1v) is 6.66. The molecule has 2 heterocycles. The van der Waals surface area contributed by atoms with E-state index in [1.54, 1.807) is 7.11 Å². The summed E-state index contributed by atoms with van der Waals surface area (Å²) in [7, 11) is 1.69. The Morgan fingerprint density at radius 1 is 1.17 bits per heavy atom. The van der Waals surface area contributed by atoms with Gasteiger partial charge in [-0.1, -0.05) is 12.1 Å². The Kier molecular flexibility index (Phi) is 3.08. The van der Waals surface area contributed by atoms with Gasteiger partial charge in [-0.25, -0.2) is 0 Å². The monoisotopic (exact) mass is 245 g/mol. The fourth-order valence-electron chi connectivity index (χ4n) is 3.26. The Bertz CT molecular complexity index is 424. The smallest absolute Gasteiger partial charge is 0.136 e. The quantitative estimate of drug-likeness (QED) is 0.819. The third kappa shape index (κ3) is 2.15. The first-order chi connectivity index (χ1) is 8.76. The molecule has 0 aliphatic carbocycles. The lowest BCUT2D eigenvalue weighted by atomic mass is 10.0. The summed E-state index contributed by atoms with van der Waals surface area (Å²) in [5.41, 5.74) is 1.31. The van der Waals surface area contributed by atoms with Gasteiger partial charge in [0.1, 0.15) is 11.5 Å². The van der Waals surface area contributed by atoms with Gasteiger partial charge in [-0.3, -0.25) is 9.69 Å². The number of benzene rings is 1. The van der Waals surface area contributed by atoms with Crippen LogP contribution in [-0.4, -0.2) is 29.9 Å². The van der Waals surface area contributed by atoms with Gasteiger partial charge in [0.15, 0.2) is 0 Å². The maximum atomic E-state index is 11.6. The molecule has 3 nitrogen and oxygen atoms in total. The molecule has 0 N–H and O–H groups in total. The third-order valence-corrected chi connectivity index (χ3v) is 4.22. The maximum Gasteiger partial charge on any atom is 0.136 e. The summed E-state index contributed by atoms with van der Waals surface area (Å²) < 4.78 is 5.17. The summed E-state index contributed by atoms with van der Waals surface area (Å²) in [6, 6.07) is 9.22. The minimum Gasteiger partial charge on any atom is -0.497 e. The Labute approximate surface area is 108 Å². The number of hydrogen-bond acceptors (Lipinski definition) is 3. The number of carbonyl (C=O) groups is 1. The van der Waals surface area contributed by atoms with Crippen LogP contribution < -0.4 is 4.74 Å². The molecule has 2 saturated heterocycles. The fraction of sp³-hybridized carbons (Fsp3) is 0.533. The van der Waals surface area contributed by atoms with Gasteiger partial charge >= 0.3 is 0 Å². The van der Waals surface area contributed by atoms with E-state index < -0.39 is 0 Å². The highest BCUT2D eigenvalue weighted by Gasteiger charge is 2.39. The highest BCUT2D eigenvalue weighted by Crippen LogP contribution is 2.35. The summed E-state index contributed by atoms with van der Waals surface area (Å²) in [5, 5.41) is 0. The van der Waals surface area contributed by atoms with E-state index in [0.29, 0.717) is 17.9 Å². The van der Waals surface area contributed by atoms with Gasteiger partial charge in [0, 0.05) is 31.5 Å². The number of ether oxygens (including phenoxy) is 1. The van der Waals surface area contributed by atoms with Gasteiger partial charge in [-0.15, -0.1) is 0 Å². The van der Waals surface area contributed by atoms with Crippen molar-refractivity contribution in [1.82, 2.24) is 4.90 Å². The average Bonchev–Trinajstić information content (AvgIpc) is 2.62. The van der Waals surface area contributed by atoms with Crippen LogP contribution in [0.2, 0.25) is 0 Å². The first-order valence-electron chi connectivity index (χ1n) is 6.66. The van der Waals surface area contributed by atoms with Gasteiger partial charge < -0.3 is 4.74 Å². The van der Waals surface area contributed by atoms with E-state index >= 15 is 0 Å². The molecule has 2 atom stereocenters. The van der Waals surface area contributed by atoms with Crippen LogP contribution in [0.5, 0.6) is 5.75 Å². The number of methoxy groups -OCH3 is 1. The van der Waals surface area contributed by atoms with Crippen molar-refractivity contribution in [1.29, 1.82) is 0 Å². The molecule has 1 aromatic carbocycles. The van der Waals surface area contributed by atoms with Crippen molar-refractivity contribution in [3.63, 3.8) is 0 Å². The van der Waals surface area contributed by atoms with E-state index in [4.69, 9.17) is 4.74 Å². The van der Waals surface area contributed by atoms with Gasteiger partial charge in [-0.05, 0) is 30.5 Å². The molecule has 2 unspecified atom stereocenters. The molecule has 0 aromatic heterocycles. The maximum absolute atomic E-state index is 11.6. The van der Waals surface area contributed by atoms with Crippen molar-refractivity contribution in [2.24, 2.45) is 0 Å². The highest BCUT2D eigenvalue weighted by molar-refractivity contribution is 5.80. The zero-order chi connectivity index (χ0) is 12.5. The SMILES string of the molecule is COc1ccc(CN2C3CCC2CC(=O)C3)cc1. The van der Waals surface area contributed by atoms with E-state index in [1.165, 1.54) is 18.4 Å². The molecule has 2 aliphatic heterocycles. The molecule has 96 valence electrons. The average molecular weight is 245 g/mol. The van der Waals surface area contributed by atoms with Gasteiger partial charge in [-0.2, -0.15) is 0 Å². The van der Waals surface area contributed by atoms with E-state index in [9.17, 15) is 4.79 Å². The lowest BCUT2D eigenvalue weighted by Gasteiger charge is -2.33. The van der Waals surface area contributed by atoms with Crippen LogP contribution in [0.25, 0.3) is 0 Å². The molecule has 18 heavy (non-hydrogen) atoms. The molecule has 2 aliphatic rings. The van der Waals surface area contributed by atoms with E-state index in [2.05, 4.69) is 17.0 Å². The number of rotatable bonds is 3. The van der Waals surface area contributed by atoms with E-state index in [0.717, 1.165) is 25.1 Å². The summed E-state index contributed by atoms with van der Waals surface area (Å²) >= 11 is 0. The second-order valence-electron chi connectivity index (χ2n) is 5.35. The van der Waals surface area contributed by atoms with E-state index in [1.807, 2.05) is 12.1 Å². The summed E-state index contributed by atoms with van der Waals surface area (Å²) in [6.45, 7) is 0.965. The van der Waals surface area contributed by atoms with Gasteiger partial charge in [0.2, 0.25) is 0 Å². The fourth-order valence-corrected chi connectivity index (χ4v) is 3.26. The van der Waals surface area contributed by atoms with Crippen LogP contribution in [0.4, 0.5) is 0 Å². The second kappa shape index (κ2) is 4.73. The van der Waals surface area contributed by atoms with Crippen LogP contribution in [0.15, 0.2) is 24.3 Å². The summed E-state index contributed by atoms with van der Waals surface area (Å²) in [4.78, 5) is 14.1. The van der Waals surface area contributed by atoms with Crippen molar-refractivity contribution >= 4 is 5.78 Å². The Morgan fingerprint density at radius 2 is 1.78 bits per heavy atom. The topological polar surface area (TPSA) is 29.5 Å². The molecule has 0 saturated carbocycles. The number of nitrogens with zero attached hydrogens (tertiary/aromatic N) is 1. The molecule has 2 bridgehead atoms. The Hall–Kier alpha value is -1.35. The van der Waals surface area contributed by atoms with Crippen molar-refractivity contribution in [3.05, 3.63) is 29.8 Å². The van der Waals surface area contributed by atoms with Crippen LogP contribution in [0.3, 0.4) is 0 Å². The predicted molar refractivity (Wildman–Crippen MR) is 69.6 cm³/mol. The number of hydrogen-bond donors (Lipinski definition) is 0. The number of carbonyl (C=O) groups excluding carboxylic acids is 1. The molecule has 2 fully saturated rings. The number of fused-ring (bicyclic) bond motifs is 2.